The van der Waals surface area contributed by atoms with E-state index in [1.165, 1.54) is 32.7 Å². The summed E-state index contributed by atoms with van der Waals surface area (Å²) in [6.07, 6.45) is 10.3. The molecule has 0 saturated carbocycles. The quantitative estimate of drug-likeness (QED) is 0.0659. The van der Waals surface area contributed by atoms with Gasteiger partial charge in [-0.2, -0.15) is 0 Å². The Morgan fingerprint density at radius 3 is 2.18 bits per heavy atom. The Hall–Kier alpha value is -3.31. The molecule has 1 N–H and O–H groups in total. The minimum Gasteiger partial charge on any atom is -0.512 e. The minimum absolute atomic E-state index is 0. The zero-order valence-corrected chi connectivity index (χ0v) is 34.0. The molecule has 0 atom stereocenters. The van der Waals surface area contributed by atoms with Crippen LogP contribution in [0.1, 0.15) is 110 Å². The minimum atomic E-state index is -0.337. The van der Waals surface area contributed by atoms with Gasteiger partial charge in [0.1, 0.15) is 17.1 Å². The average Bonchev–Trinajstić information content (AvgIpc) is 3.68. The molecule has 0 amide bonds. The van der Waals surface area contributed by atoms with Crippen molar-refractivity contribution in [2.75, 3.05) is 0 Å². The van der Waals surface area contributed by atoms with Gasteiger partial charge in [0.25, 0.3) is 0 Å². The van der Waals surface area contributed by atoms with Crippen molar-refractivity contribution in [2.24, 2.45) is 15.8 Å². The summed E-state index contributed by atoms with van der Waals surface area (Å²) in [7, 11) is 0. The molecular formula is C43H52IrNO3S-. The molecule has 263 valence electrons. The van der Waals surface area contributed by atoms with Crippen molar-refractivity contribution in [1.29, 1.82) is 0 Å². The first-order valence-corrected chi connectivity index (χ1v) is 18.1. The van der Waals surface area contributed by atoms with Gasteiger partial charge >= 0.3 is 0 Å². The van der Waals surface area contributed by atoms with E-state index < -0.39 is 0 Å². The van der Waals surface area contributed by atoms with Crippen molar-refractivity contribution >= 4 is 61.2 Å². The van der Waals surface area contributed by atoms with Gasteiger partial charge in [-0.05, 0) is 84.8 Å². The van der Waals surface area contributed by atoms with Gasteiger partial charge in [-0.15, -0.1) is 46.0 Å². The van der Waals surface area contributed by atoms with Crippen molar-refractivity contribution in [1.82, 2.24) is 0 Å². The molecule has 0 aliphatic heterocycles. The van der Waals surface area contributed by atoms with Crippen LogP contribution in [-0.4, -0.2) is 17.1 Å². The van der Waals surface area contributed by atoms with E-state index in [1.807, 2.05) is 53.8 Å². The molecule has 2 aromatic heterocycles. The number of aliphatic hydroxyl groups excluding tert-OH is 1. The number of allylic oxidation sites excluding steroid dienone is 2. The Bertz CT molecular complexity index is 1980. The van der Waals surface area contributed by atoms with E-state index in [4.69, 9.17) is 4.42 Å². The Balaban J connectivity index is 0.000000312. The van der Waals surface area contributed by atoms with Crippen LogP contribution < -0.4 is 0 Å². The van der Waals surface area contributed by atoms with Crippen LogP contribution in [-0.2, 0) is 30.3 Å². The number of thiophene rings is 1. The maximum absolute atomic E-state index is 12.2. The molecule has 49 heavy (non-hydrogen) atoms. The average molecular weight is 855 g/mol. The van der Waals surface area contributed by atoms with Crippen LogP contribution in [0.2, 0.25) is 0 Å². The van der Waals surface area contributed by atoms with E-state index in [9.17, 15) is 9.90 Å². The van der Waals surface area contributed by atoms with Gasteiger partial charge in [0.05, 0.1) is 0 Å². The largest absolute Gasteiger partial charge is 0.512 e. The van der Waals surface area contributed by atoms with Gasteiger partial charge in [-0.25, -0.2) is 0 Å². The fourth-order valence-electron chi connectivity index (χ4n) is 5.70. The molecule has 0 aliphatic rings. The van der Waals surface area contributed by atoms with Gasteiger partial charge in [0.2, 0.25) is 0 Å². The molecule has 3 aromatic carbocycles. The second-order valence-electron chi connectivity index (χ2n) is 14.4. The predicted octanol–water partition coefficient (Wildman–Crippen LogP) is 12.9. The molecule has 0 saturated heterocycles. The standard InChI is InChI=1S/C28H24NOS.C15H28O2.Ir/c1-18-17-31-27-22(18)9-10-26-24(27)15-21(30-26)11-12-29-16-19-13-20-7-5-6-8-23(20)25(14-19)28(2,3)4;1-7-14(5,8-2)12(16)11-13(17)15(6,9-3)10-4;/h5-12,14-17H,1-4H3;11,16H,7-10H2,1-6H3;/q-1;;/b12-11-,29-16?;12-11-;. The Labute approximate surface area is 310 Å². The molecule has 4 nitrogen and oxygen atoms in total. The maximum Gasteiger partial charge on any atom is 0.164 e. The fraction of sp³-hybridized carbons (Fsp3) is 0.395. The fourth-order valence-corrected chi connectivity index (χ4v) is 6.77. The number of fused-ring (bicyclic) bond motifs is 4. The predicted molar refractivity (Wildman–Crippen MR) is 208 cm³/mol. The molecular weight excluding hydrogens is 803 g/mol. The van der Waals surface area contributed by atoms with E-state index >= 15 is 0 Å². The second-order valence-corrected chi connectivity index (χ2v) is 15.3. The third kappa shape index (κ3) is 9.08. The number of nitrogens with zero attached hydrogens (tertiary/aromatic N) is 1. The molecule has 0 fully saturated rings. The summed E-state index contributed by atoms with van der Waals surface area (Å²) >= 11 is 1.77. The molecule has 6 heteroatoms. The molecule has 5 rings (SSSR count). The first-order valence-electron chi connectivity index (χ1n) is 17.2. The van der Waals surface area contributed by atoms with Crippen molar-refractivity contribution in [2.45, 2.75) is 100 Å². The molecule has 0 bridgehead atoms. The number of ketones is 1. The van der Waals surface area contributed by atoms with Crippen molar-refractivity contribution in [3.8, 4) is 0 Å². The molecule has 0 spiro atoms. The number of benzene rings is 3. The third-order valence-electron chi connectivity index (χ3n) is 10.2. The summed E-state index contributed by atoms with van der Waals surface area (Å²) in [5.74, 6) is 1.09. The molecule has 1 radical (unpaired) electrons. The number of carbonyl (C=O) groups excluding carboxylic acids is 1. The van der Waals surface area contributed by atoms with Gasteiger partial charge < -0.3 is 14.5 Å². The number of aryl methyl sites for hydroxylation is 1. The maximum atomic E-state index is 12.2. The number of hydrogen-bond donors (Lipinski definition) is 1. The number of carbonyl (C=O) groups is 1. The van der Waals surface area contributed by atoms with Crippen molar-refractivity contribution < 1.29 is 34.4 Å². The van der Waals surface area contributed by atoms with Crippen LogP contribution in [0.3, 0.4) is 0 Å². The second kappa shape index (κ2) is 16.6. The van der Waals surface area contributed by atoms with Crippen molar-refractivity contribution in [3.05, 3.63) is 100 Å². The monoisotopic (exact) mass is 855 g/mol. The number of rotatable bonds is 10. The van der Waals surface area contributed by atoms with E-state index in [-0.39, 0.29) is 47.9 Å². The summed E-state index contributed by atoms with van der Waals surface area (Å²) in [6, 6.07) is 20.4. The zero-order valence-electron chi connectivity index (χ0n) is 30.8. The summed E-state index contributed by atoms with van der Waals surface area (Å²) in [6.45, 7) is 20.9. The first kappa shape index (κ1) is 40.1. The number of aliphatic imine (C=N–C) groups is 1. The van der Waals surface area contributed by atoms with Gasteiger partial charge in [0, 0.05) is 53.3 Å². The molecule has 0 unspecified atom stereocenters. The molecule has 2 heterocycles. The molecule has 5 aromatic rings. The van der Waals surface area contributed by atoms with E-state index in [0.717, 1.165) is 53.4 Å². The topological polar surface area (TPSA) is 62.8 Å². The summed E-state index contributed by atoms with van der Waals surface area (Å²) in [4.78, 5) is 16.7. The number of hydrogen-bond acceptors (Lipinski definition) is 5. The summed E-state index contributed by atoms with van der Waals surface area (Å²) in [5.41, 5.74) is 3.96. The summed E-state index contributed by atoms with van der Waals surface area (Å²) < 4.78 is 7.28. The van der Waals surface area contributed by atoms with Gasteiger partial charge in [-0.1, -0.05) is 85.9 Å². The Morgan fingerprint density at radius 2 is 1.55 bits per heavy atom. The van der Waals surface area contributed by atoms with Crippen LogP contribution in [0.25, 0.3) is 37.9 Å². The van der Waals surface area contributed by atoms with Gasteiger partial charge in [0.15, 0.2) is 5.78 Å². The van der Waals surface area contributed by atoms with Crippen LogP contribution in [0.4, 0.5) is 0 Å². The first-order chi connectivity index (χ1) is 22.7. The molecule has 0 aliphatic carbocycles. The van der Waals surface area contributed by atoms with E-state index in [0.29, 0.717) is 0 Å². The van der Waals surface area contributed by atoms with Crippen LogP contribution >= 0.6 is 11.3 Å². The van der Waals surface area contributed by atoms with E-state index in [2.05, 4.69) is 92.7 Å². The smallest absolute Gasteiger partial charge is 0.164 e. The van der Waals surface area contributed by atoms with Gasteiger partial charge in [-0.3, -0.25) is 4.79 Å². The third-order valence-corrected chi connectivity index (χ3v) is 11.3. The normalized spacial score (nSPS) is 13.0. The van der Waals surface area contributed by atoms with Crippen molar-refractivity contribution in [3.63, 3.8) is 0 Å². The SMILES string of the molecule is CCC(C)(CC)C(=O)/C=C(\O)C(C)(CC)CC.Cc1csc2c1ccc1oc(/C=C\N=Cc3[c-]c4ccccc4c(C(C)(C)C)c3)cc12.[Ir]. The summed E-state index contributed by atoms with van der Waals surface area (Å²) in [5, 5.41) is 17.2. The van der Waals surface area contributed by atoms with Crippen LogP contribution in [0, 0.1) is 23.8 Å². The Morgan fingerprint density at radius 1 is 0.898 bits per heavy atom. The Kier molecular flexibility index (Phi) is 13.6. The van der Waals surface area contributed by atoms with E-state index in [1.54, 1.807) is 17.5 Å². The van der Waals surface area contributed by atoms with Crippen LogP contribution in [0.5, 0.6) is 0 Å². The zero-order chi connectivity index (χ0) is 35.3. The number of furan rings is 1. The number of aliphatic hydroxyl groups is 1. The van der Waals surface area contributed by atoms with Crippen LogP contribution in [0.15, 0.2) is 81.4 Å².